The Kier molecular flexibility index (Phi) is 6.22. The second-order valence-electron chi connectivity index (χ2n) is 7.45. The SMILES string of the molecule is C[C@@H](C(=O)OCC(=O)Nc1ccc(S(N)(=O)=O)cc1)N1C(=O)C2CCCCC2C1=O. The van der Waals surface area contributed by atoms with Crippen LogP contribution in [0.4, 0.5) is 5.69 Å². The van der Waals surface area contributed by atoms with E-state index in [-0.39, 0.29) is 34.2 Å². The molecule has 2 unspecified atom stereocenters. The molecule has 162 valence electrons. The third kappa shape index (κ3) is 4.51. The van der Waals surface area contributed by atoms with Crippen molar-refractivity contribution in [2.24, 2.45) is 17.0 Å². The lowest BCUT2D eigenvalue weighted by Gasteiger charge is -2.21. The molecule has 0 radical (unpaired) electrons. The fraction of sp³-hybridized carbons (Fsp3) is 0.474. The van der Waals surface area contributed by atoms with E-state index in [1.807, 2.05) is 0 Å². The molecule has 3 rings (SSSR count). The van der Waals surface area contributed by atoms with Crippen LogP contribution < -0.4 is 10.5 Å². The number of nitrogens with two attached hydrogens (primary N) is 1. The molecule has 2 aliphatic rings. The Hall–Kier alpha value is -2.79. The normalized spacial score (nSPS) is 22.4. The van der Waals surface area contributed by atoms with Gasteiger partial charge in [0.1, 0.15) is 6.04 Å². The average Bonchev–Trinajstić information content (AvgIpc) is 2.96. The van der Waals surface area contributed by atoms with Crippen LogP contribution in [-0.4, -0.2) is 49.7 Å². The highest BCUT2D eigenvalue weighted by atomic mass is 32.2. The fourth-order valence-electron chi connectivity index (χ4n) is 3.86. The first kappa shape index (κ1) is 21.9. The Labute approximate surface area is 173 Å². The van der Waals surface area contributed by atoms with Crippen molar-refractivity contribution in [1.29, 1.82) is 0 Å². The lowest BCUT2D eigenvalue weighted by atomic mass is 9.81. The van der Waals surface area contributed by atoms with Crippen LogP contribution in [0.25, 0.3) is 0 Å². The van der Waals surface area contributed by atoms with E-state index in [1.54, 1.807) is 0 Å². The Morgan fingerprint density at radius 3 is 2.17 bits per heavy atom. The summed E-state index contributed by atoms with van der Waals surface area (Å²) in [6.07, 6.45) is 3.04. The summed E-state index contributed by atoms with van der Waals surface area (Å²) in [6.45, 7) is 0.780. The molecule has 0 spiro atoms. The number of nitrogens with zero attached hydrogens (tertiary/aromatic N) is 1. The maximum absolute atomic E-state index is 12.5. The number of esters is 1. The Morgan fingerprint density at radius 1 is 1.13 bits per heavy atom. The third-order valence-corrected chi connectivity index (χ3v) is 6.34. The number of ether oxygens (including phenoxy) is 1. The van der Waals surface area contributed by atoms with Crippen LogP contribution in [0, 0.1) is 11.8 Å². The van der Waals surface area contributed by atoms with Crippen LogP contribution in [0.15, 0.2) is 29.2 Å². The van der Waals surface area contributed by atoms with E-state index in [0.29, 0.717) is 12.8 Å². The molecule has 1 saturated carbocycles. The van der Waals surface area contributed by atoms with E-state index >= 15 is 0 Å². The molecular weight excluding hydrogens is 414 g/mol. The number of primary sulfonamides is 1. The van der Waals surface area contributed by atoms with Crippen LogP contribution in [-0.2, 0) is 33.9 Å². The molecule has 1 saturated heterocycles. The number of sulfonamides is 1. The number of carbonyl (C=O) groups is 4. The van der Waals surface area contributed by atoms with E-state index in [2.05, 4.69) is 5.32 Å². The maximum atomic E-state index is 12.5. The van der Waals surface area contributed by atoms with Crippen molar-refractivity contribution in [2.45, 2.75) is 43.5 Å². The van der Waals surface area contributed by atoms with Crippen LogP contribution in [0.3, 0.4) is 0 Å². The van der Waals surface area contributed by atoms with Gasteiger partial charge in [-0.2, -0.15) is 0 Å². The van der Waals surface area contributed by atoms with Crippen molar-refractivity contribution in [3.63, 3.8) is 0 Å². The van der Waals surface area contributed by atoms with Crippen LogP contribution in [0.5, 0.6) is 0 Å². The van der Waals surface area contributed by atoms with Gasteiger partial charge in [-0.05, 0) is 44.0 Å². The van der Waals surface area contributed by atoms with Crippen molar-refractivity contribution < 1.29 is 32.3 Å². The number of likely N-dealkylation sites (tertiary alicyclic amines) is 1. The lowest BCUT2D eigenvalue weighted by molar-refractivity contribution is -0.159. The molecule has 1 heterocycles. The first-order valence-electron chi connectivity index (χ1n) is 9.56. The number of rotatable bonds is 6. The Morgan fingerprint density at radius 2 is 1.67 bits per heavy atom. The number of amides is 3. The molecule has 11 heteroatoms. The van der Waals surface area contributed by atoms with Crippen molar-refractivity contribution in [2.75, 3.05) is 11.9 Å². The van der Waals surface area contributed by atoms with Crippen molar-refractivity contribution in [3.05, 3.63) is 24.3 Å². The summed E-state index contributed by atoms with van der Waals surface area (Å²) >= 11 is 0. The predicted octanol–water partition coefficient (Wildman–Crippen LogP) is 0.379. The second-order valence-corrected chi connectivity index (χ2v) is 9.01. The predicted molar refractivity (Wildman–Crippen MR) is 104 cm³/mol. The summed E-state index contributed by atoms with van der Waals surface area (Å²) in [7, 11) is -3.85. The fourth-order valence-corrected chi connectivity index (χ4v) is 4.37. The second kappa shape index (κ2) is 8.52. The maximum Gasteiger partial charge on any atom is 0.329 e. The van der Waals surface area contributed by atoms with Crippen molar-refractivity contribution in [3.8, 4) is 0 Å². The van der Waals surface area contributed by atoms with Gasteiger partial charge in [-0.3, -0.25) is 19.3 Å². The summed E-state index contributed by atoms with van der Waals surface area (Å²) in [5.41, 5.74) is 0.283. The molecule has 2 fully saturated rings. The van der Waals surface area contributed by atoms with E-state index in [9.17, 15) is 27.6 Å². The monoisotopic (exact) mass is 437 g/mol. The molecule has 1 aromatic carbocycles. The van der Waals surface area contributed by atoms with Gasteiger partial charge >= 0.3 is 5.97 Å². The van der Waals surface area contributed by atoms with Crippen LogP contribution >= 0.6 is 0 Å². The minimum absolute atomic E-state index is 0.110. The molecule has 1 aliphatic carbocycles. The molecule has 1 aromatic rings. The highest BCUT2D eigenvalue weighted by Gasteiger charge is 2.51. The molecule has 0 aromatic heterocycles. The number of benzene rings is 1. The zero-order valence-electron chi connectivity index (χ0n) is 16.4. The Bertz CT molecular complexity index is 950. The van der Waals surface area contributed by atoms with Crippen molar-refractivity contribution in [1.82, 2.24) is 4.90 Å². The highest BCUT2D eigenvalue weighted by molar-refractivity contribution is 7.89. The van der Waals surface area contributed by atoms with E-state index in [0.717, 1.165) is 17.7 Å². The first-order chi connectivity index (χ1) is 14.1. The summed E-state index contributed by atoms with van der Waals surface area (Å²) in [5.74, 6) is -2.96. The number of carbonyl (C=O) groups excluding carboxylic acids is 4. The summed E-state index contributed by atoms with van der Waals surface area (Å²) in [6, 6.07) is 4.01. The zero-order chi connectivity index (χ0) is 22.1. The van der Waals surface area contributed by atoms with Gasteiger partial charge in [0.25, 0.3) is 5.91 Å². The summed E-state index contributed by atoms with van der Waals surface area (Å²) < 4.78 is 27.4. The molecular formula is C19H23N3O7S. The van der Waals surface area contributed by atoms with E-state index in [4.69, 9.17) is 9.88 Å². The van der Waals surface area contributed by atoms with Crippen LogP contribution in [0.1, 0.15) is 32.6 Å². The van der Waals surface area contributed by atoms with Gasteiger partial charge in [-0.1, -0.05) is 12.8 Å². The number of imide groups is 1. The molecule has 1 aliphatic heterocycles. The largest absolute Gasteiger partial charge is 0.454 e. The van der Waals surface area contributed by atoms with Gasteiger partial charge in [0, 0.05) is 5.69 Å². The van der Waals surface area contributed by atoms with Gasteiger partial charge in [0.05, 0.1) is 16.7 Å². The van der Waals surface area contributed by atoms with E-state index < -0.39 is 34.5 Å². The smallest absolute Gasteiger partial charge is 0.329 e. The van der Waals surface area contributed by atoms with Gasteiger partial charge in [0.15, 0.2) is 6.61 Å². The van der Waals surface area contributed by atoms with Gasteiger partial charge in [0.2, 0.25) is 21.8 Å². The third-order valence-electron chi connectivity index (χ3n) is 5.42. The number of nitrogens with one attached hydrogen (secondary N) is 1. The topological polar surface area (TPSA) is 153 Å². The number of hydrogen-bond acceptors (Lipinski definition) is 7. The molecule has 10 nitrogen and oxygen atoms in total. The van der Waals surface area contributed by atoms with Crippen LogP contribution in [0.2, 0.25) is 0 Å². The zero-order valence-corrected chi connectivity index (χ0v) is 17.2. The number of hydrogen-bond donors (Lipinski definition) is 2. The lowest BCUT2D eigenvalue weighted by Crippen LogP contribution is -2.45. The highest BCUT2D eigenvalue weighted by Crippen LogP contribution is 2.38. The average molecular weight is 437 g/mol. The van der Waals surface area contributed by atoms with Gasteiger partial charge in [-0.25, -0.2) is 18.4 Å². The van der Waals surface area contributed by atoms with Gasteiger partial charge < -0.3 is 10.1 Å². The van der Waals surface area contributed by atoms with E-state index in [1.165, 1.54) is 31.2 Å². The van der Waals surface area contributed by atoms with Gasteiger partial charge in [-0.15, -0.1) is 0 Å². The molecule has 3 atom stereocenters. The summed E-state index contributed by atoms with van der Waals surface area (Å²) in [5, 5.41) is 7.45. The summed E-state index contributed by atoms with van der Waals surface area (Å²) in [4.78, 5) is 50.2. The minimum atomic E-state index is -3.85. The number of fused-ring (bicyclic) bond motifs is 1. The van der Waals surface area contributed by atoms with Crippen molar-refractivity contribution >= 4 is 39.4 Å². The molecule has 0 bridgehead atoms. The Balaban J connectivity index is 1.54. The number of anilines is 1. The minimum Gasteiger partial charge on any atom is -0.454 e. The first-order valence-corrected chi connectivity index (χ1v) is 11.1. The molecule has 3 N–H and O–H groups in total. The molecule has 30 heavy (non-hydrogen) atoms. The quantitative estimate of drug-likeness (QED) is 0.482. The standard InChI is InChI=1S/C19H23N3O7S/c1-11(22-17(24)14-4-2-3-5-15(14)18(22)25)19(26)29-10-16(23)21-12-6-8-13(9-7-12)30(20,27)28/h6-9,11,14-15H,2-5,10H2,1H3,(H,21,23)(H2,20,27,28)/t11-,14?,15?/m0/s1. The molecule has 3 amide bonds.